The van der Waals surface area contributed by atoms with Crippen molar-refractivity contribution in [3.8, 4) is 0 Å². The number of hydrogen-bond acceptors (Lipinski definition) is 3. The maximum Gasteiger partial charge on any atom is 0.226 e. The molecule has 1 atom stereocenters. The van der Waals surface area contributed by atoms with Gasteiger partial charge in [0.1, 0.15) is 12.4 Å². The zero-order chi connectivity index (χ0) is 16.8. The molecule has 2 heterocycles. The Kier molecular flexibility index (Phi) is 3.23. The second-order valence-electron chi connectivity index (χ2n) is 6.88. The zero-order valence-corrected chi connectivity index (χ0v) is 14.2. The van der Waals surface area contributed by atoms with Gasteiger partial charge in [0, 0.05) is 5.56 Å². The van der Waals surface area contributed by atoms with Gasteiger partial charge in [-0.15, -0.1) is 0 Å². The van der Waals surface area contributed by atoms with Gasteiger partial charge in [-0.25, -0.2) is 4.68 Å². The normalized spacial score (nSPS) is 18.7. The lowest BCUT2D eigenvalue weighted by Gasteiger charge is -2.30. The molecule has 0 radical (unpaired) electrons. The molecular formula is C21H20N4. The second kappa shape index (κ2) is 5.59. The molecule has 5 rings (SSSR count). The number of hydrogen-bond donors (Lipinski definition) is 1. The Morgan fingerprint density at radius 1 is 1.04 bits per heavy atom. The summed E-state index contributed by atoms with van der Waals surface area (Å²) in [6, 6.07) is 17.6. The van der Waals surface area contributed by atoms with Crippen LogP contribution in [-0.4, -0.2) is 14.8 Å². The monoisotopic (exact) mass is 328 g/mol. The lowest BCUT2D eigenvalue weighted by atomic mass is 9.91. The van der Waals surface area contributed by atoms with Gasteiger partial charge in [-0.1, -0.05) is 54.1 Å². The van der Waals surface area contributed by atoms with E-state index in [4.69, 9.17) is 0 Å². The van der Waals surface area contributed by atoms with E-state index in [2.05, 4.69) is 70.9 Å². The number of allylic oxidation sites excluding steroid dienone is 1. The van der Waals surface area contributed by atoms with Gasteiger partial charge in [0.2, 0.25) is 5.95 Å². The number of aromatic nitrogens is 3. The molecule has 25 heavy (non-hydrogen) atoms. The third kappa shape index (κ3) is 2.29. The maximum absolute atomic E-state index is 4.52. The molecule has 0 amide bonds. The van der Waals surface area contributed by atoms with E-state index in [0.717, 1.165) is 25.2 Å². The largest absolute Gasteiger partial charge is 0.324 e. The van der Waals surface area contributed by atoms with E-state index in [9.17, 15) is 0 Å². The molecule has 0 bridgehead atoms. The second-order valence-corrected chi connectivity index (χ2v) is 6.88. The molecule has 1 unspecified atom stereocenters. The molecule has 3 aromatic rings. The van der Waals surface area contributed by atoms with Crippen LogP contribution in [0, 0.1) is 6.92 Å². The summed E-state index contributed by atoms with van der Waals surface area (Å²) in [5.41, 5.74) is 7.89. The van der Waals surface area contributed by atoms with Gasteiger partial charge in [-0.2, -0.15) is 10.1 Å². The lowest BCUT2D eigenvalue weighted by molar-refractivity contribution is 0.562. The van der Waals surface area contributed by atoms with Gasteiger partial charge >= 0.3 is 0 Å². The SMILES string of the molecule is Cc1ccc(C2C3=C(Nc4ncnn42)c2ccccc2CCC3)cc1. The number of benzene rings is 2. The summed E-state index contributed by atoms with van der Waals surface area (Å²) in [5.74, 6) is 0.820. The fourth-order valence-electron chi connectivity index (χ4n) is 4.05. The van der Waals surface area contributed by atoms with Crippen LogP contribution in [0.4, 0.5) is 5.95 Å². The standard InChI is InChI=1S/C21H20N4/c1-14-9-11-16(12-10-14)20-18-8-4-6-15-5-2-3-7-17(15)19(18)24-21-22-13-23-25(20)21/h2-3,5,7,9-13,20H,4,6,8H2,1H3,(H,22,23,24). The zero-order valence-electron chi connectivity index (χ0n) is 14.2. The highest BCUT2D eigenvalue weighted by molar-refractivity contribution is 5.82. The molecule has 1 aliphatic carbocycles. The third-order valence-corrected chi connectivity index (χ3v) is 5.28. The van der Waals surface area contributed by atoms with Crippen molar-refractivity contribution < 1.29 is 0 Å². The Bertz CT molecular complexity index is 966. The van der Waals surface area contributed by atoms with Crippen LogP contribution in [0.3, 0.4) is 0 Å². The summed E-state index contributed by atoms with van der Waals surface area (Å²) in [5, 5.41) is 8.08. The number of nitrogens with one attached hydrogen (secondary N) is 1. The summed E-state index contributed by atoms with van der Waals surface area (Å²) in [7, 11) is 0. The van der Waals surface area contributed by atoms with Crippen LogP contribution in [-0.2, 0) is 6.42 Å². The molecule has 4 nitrogen and oxygen atoms in total. The van der Waals surface area contributed by atoms with Crippen molar-refractivity contribution in [3.63, 3.8) is 0 Å². The molecule has 1 aromatic heterocycles. The van der Waals surface area contributed by atoms with E-state index in [1.54, 1.807) is 6.33 Å². The van der Waals surface area contributed by atoms with E-state index in [1.165, 1.54) is 33.5 Å². The van der Waals surface area contributed by atoms with Crippen molar-refractivity contribution in [2.24, 2.45) is 0 Å². The predicted molar refractivity (Wildman–Crippen MR) is 99.3 cm³/mol. The minimum atomic E-state index is 0.112. The van der Waals surface area contributed by atoms with Crippen LogP contribution < -0.4 is 5.32 Å². The van der Waals surface area contributed by atoms with Crippen molar-refractivity contribution in [1.29, 1.82) is 0 Å². The van der Waals surface area contributed by atoms with Gasteiger partial charge in [0.05, 0.1) is 5.70 Å². The summed E-state index contributed by atoms with van der Waals surface area (Å²) < 4.78 is 2.03. The topological polar surface area (TPSA) is 42.7 Å². The number of rotatable bonds is 1. The first kappa shape index (κ1) is 14.5. The van der Waals surface area contributed by atoms with Gasteiger partial charge in [0.25, 0.3) is 0 Å². The highest BCUT2D eigenvalue weighted by Gasteiger charge is 2.32. The van der Waals surface area contributed by atoms with Crippen molar-refractivity contribution >= 4 is 11.6 Å². The van der Waals surface area contributed by atoms with Crippen LogP contribution in [0.2, 0.25) is 0 Å². The molecule has 124 valence electrons. The van der Waals surface area contributed by atoms with Crippen molar-refractivity contribution in [1.82, 2.24) is 14.8 Å². The van der Waals surface area contributed by atoms with E-state index in [1.807, 2.05) is 4.68 Å². The molecule has 1 N–H and O–H groups in total. The average Bonchev–Trinajstić information content (AvgIpc) is 3.02. The van der Waals surface area contributed by atoms with Crippen LogP contribution in [0.5, 0.6) is 0 Å². The Labute approximate surface area is 147 Å². The first-order chi connectivity index (χ1) is 12.3. The first-order valence-corrected chi connectivity index (χ1v) is 8.85. The van der Waals surface area contributed by atoms with Crippen LogP contribution in [0.1, 0.15) is 41.1 Å². The minimum Gasteiger partial charge on any atom is -0.324 e. The number of nitrogens with zero attached hydrogens (tertiary/aromatic N) is 3. The first-order valence-electron chi connectivity index (χ1n) is 8.85. The smallest absolute Gasteiger partial charge is 0.226 e. The highest BCUT2D eigenvalue weighted by atomic mass is 15.4. The summed E-state index contributed by atoms with van der Waals surface area (Å²) in [4.78, 5) is 4.45. The molecular weight excluding hydrogens is 308 g/mol. The molecule has 2 aromatic carbocycles. The van der Waals surface area contributed by atoms with Gasteiger partial charge in [0.15, 0.2) is 0 Å². The van der Waals surface area contributed by atoms with Gasteiger partial charge < -0.3 is 5.32 Å². The predicted octanol–water partition coefficient (Wildman–Crippen LogP) is 4.35. The minimum absolute atomic E-state index is 0.112. The summed E-state index contributed by atoms with van der Waals surface area (Å²) >= 11 is 0. The number of anilines is 1. The van der Waals surface area contributed by atoms with Gasteiger partial charge in [-0.05, 0) is 42.9 Å². The average molecular weight is 328 g/mol. The van der Waals surface area contributed by atoms with Crippen molar-refractivity contribution in [2.75, 3.05) is 5.32 Å². The molecule has 0 fully saturated rings. The number of fused-ring (bicyclic) bond motifs is 3. The van der Waals surface area contributed by atoms with E-state index in [0.29, 0.717) is 0 Å². The van der Waals surface area contributed by atoms with E-state index < -0.39 is 0 Å². The van der Waals surface area contributed by atoms with E-state index in [-0.39, 0.29) is 6.04 Å². The maximum atomic E-state index is 4.52. The Balaban J connectivity index is 1.74. The third-order valence-electron chi connectivity index (χ3n) is 5.28. The van der Waals surface area contributed by atoms with Crippen molar-refractivity contribution in [3.05, 3.63) is 82.7 Å². The Morgan fingerprint density at radius 3 is 2.76 bits per heavy atom. The Morgan fingerprint density at radius 2 is 1.88 bits per heavy atom. The van der Waals surface area contributed by atoms with E-state index >= 15 is 0 Å². The van der Waals surface area contributed by atoms with Crippen LogP contribution in [0.25, 0.3) is 5.70 Å². The fourth-order valence-corrected chi connectivity index (χ4v) is 4.05. The number of aryl methyl sites for hydroxylation is 2. The molecule has 0 saturated carbocycles. The summed E-state index contributed by atoms with van der Waals surface area (Å²) in [6.45, 7) is 2.12. The summed E-state index contributed by atoms with van der Waals surface area (Å²) in [6.07, 6.45) is 4.97. The highest BCUT2D eigenvalue weighted by Crippen LogP contribution is 2.42. The Hall–Kier alpha value is -2.88. The molecule has 0 spiro atoms. The van der Waals surface area contributed by atoms with Gasteiger partial charge in [-0.3, -0.25) is 0 Å². The van der Waals surface area contributed by atoms with Crippen molar-refractivity contribution in [2.45, 2.75) is 32.2 Å². The quantitative estimate of drug-likeness (QED) is 0.722. The van der Waals surface area contributed by atoms with Crippen LogP contribution in [0.15, 0.2) is 60.4 Å². The molecule has 1 aliphatic heterocycles. The fraction of sp³-hybridized carbons (Fsp3) is 0.238. The van der Waals surface area contributed by atoms with Crippen LogP contribution >= 0.6 is 0 Å². The molecule has 0 saturated heterocycles. The lowest BCUT2D eigenvalue weighted by Crippen LogP contribution is -2.25. The molecule has 2 aliphatic rings. The molecule has 4 heteroatoms.